The molecule has 2 N–H and O–H groups in total. The fourth-order valence-corrected chi connectivity index (χ4v) is 2.04. The summed E-state index contributed by atoms with van der Waals surface area (Å²) >= 11 is 0. The minimum Gasteiger partial charge on any atom is -0.490 e. The first-order chi connectivity index (χ1) is 8.08. The Hall–Kier alpha value is -1.09. The number of ether oxygens (including phenoxy) is 1. The molecular formula is C14H20FNO. The van der Waals surface area contributed by atoms with Gasteiger partial charge in [-0.25, -0.2) is 4.39 Å². The van der Waals surface area contributed by atoms with Crippen molar-refractivity contribution in [3.05, 3.63) is 29.6 Å². The van der Waals surface area contributed by atoms with Crippen molar-refractivity contribution in [3.8, 4) is 5.75 Å². The van der Waals surface area contributed by atoms with Crippen LogP contribution < -0.4 is 10.5 Å². The van der Waals surface area contributed by atoms with Crippen molar-refractivity contribution in [1.82, 2.24) is 0 Å². The average Bonchev–Trinajstić information content (AvgIpc) is 2.97. The monoisotopic (exact) mass is 237 g/mol. The molecule has 1 fully saturated rings. The zero-order valence-corrected chi connectivity index (χ0v) is 10.4. The lowest BCUT2D eigenvalue weighted by Gasteiger charge is -2.11. The van der Waals surface area contributed by atoms with Crippen LogP contribution in [0.3, 0.4) is 0 Å². The molecule has 0 aromatic heterocycles. The van der Waals surface area contributed by atoms with E-state index in [1.165, 1.54) is 12.5 Å². The van der Waals surface area contributed by atoms with Gasteiger partial charge in [0.25, 0.3) is 0 Å². The molecule has 0 radical (unpaired) electrons. The summed E-state index contributed by atoms with van der Waals surface area (Å²) in [5.41, 5.74) is 6.66. The number of nitrogens with two attached hydrogens (primary N) is 1. The molecule has 1 aliphatic carbocycles. The number of benzene rings is 1. The molecule has 3 atom stereocenters. The number of hydrogen-bond donors (Lipinski definition) is 1. The predicted octanol–water partition coefficient (Wildman–Crippen LogP) is 3.27. The van der Waals surface area contributed by atoms with Crippen LogP contribution in [0, 0.1) is 17.7 Å². The molecule has 1 saturated carbocycles. The van der Waals surface area contributed by atoms with Crippen LogP contribution in [0.25, 0.3) is 0 Å². The van der Waals surface area contributed by atoms with Crippen LogP contribution in [0.15, 0.2) is 18.2 Å². The van der Waals surface area contributed by atoms with E-state index in [0.29, 0.717) is 12.4 Å². The van der Waals surface area contributed by atoms with Gasteiger partial charge < -0.3 is 10.5 Å². The summed E-state index contributed by atoms with van der Waals surface area (Å²) in [5, 5.41) is 0. The molecule has 3 heteroatoms. The Morgan fingerprint density at radius 2 is 2.24 bits per heavy atom. The molecule has 0 bridgehead atoms. The summed E-state index contributed by atoms with van der Waals surface area (Å²) in [6.45, 7) is 4.71. The lowest BCUT2D eigenvalue weighted by molar-refractivity contribution is 0.285. The third-order valence-electron chi connectivity index (χ3n) is 3.50. The maximum Gasteiger partial charge on any atom is 0.165 e. The summed E-state index contributed by atoms with van der Waals surface area (Å²) < 4.78 is 19.0. The van der Waals surface area contributed by atoms with Gasteiger partial charge in [0.1, 0.15) is 0 Å². The average molecular weight is 237 g/mol. The SMILES string of the molecule is CC1CC1CCOc1cc([C@H](C)N)ccc1F. The lowest BCUT2D eigenvalue weighted by atomic mass is 10.1. The molecule has 2 unspecified atom stereocenters. The van der Waals surface area contributed by atoms with Gasteiger partial charge in [-0.3, -0.25) is 0 Å². The van der Waals surface area contributed by atoms with Gasteiger partial charge in [0, 0.05) is 6.04 Å². The fourth-order valence-electron chi connectivity index (χ4n) is 2.04. The Labute approximate surface area is 102 Å². The maximum absolute atomic E-state index is 13.5. The second-order valence-corrected chi connectivity index (χ2v) is 5.09. The molecule has 1 aliphatic rings. The van der Waals surface area contributed by atoms with Crippen LogP contribution in [-0.2, 0) is 0 Å². The van der Waals surface area contributed by atoms with Crippen molar-refractivity contribution in [1.29, 1.82) is 0 Å². The van der Waals surface area contributed by atoms with E-state index in [1.807, 2.05) is 6.92 Å². The highest BCUT2D eigenvalue weighted by molar-refractivity contribution is 5.31. The maximum atomic E-state index is 13.5. The summed E-state index contributed by atoms with van der Waals surface area (Å²) in [5.74, 6) is 1.61. The van der Waals surface area contributed by atoms with Crippen LogP contribution in [0.5, 0.6) is 5.75 Å². The van der Waals surface area contributed by atoms with E-state index in [2.05, 4.69) is 6.92 Å². The Morgan fingerprint density at radius 3 is 2.82 bits per heavy atom. The molecule has 17 heavy (non-hydrogen) atoms. The van der Waals surface area contributed by atoms with E-state index >= 15 is 0 Å². The first-order valence-corrected chi connectivity index (χ1v) is 6.25. The molecule has 0 aliphatic heterocycles. The smallest absolute Gasteiger partial charge is 0.165 e. The first-order valence-electron chi connectivity index (χ1n) is 6.25. The van der Waals surface area contributed by atoms with Crippen molar-refractivity contribution in [3.63, 3.8) is 0 Å². The Kier molecular flexibility index (Phi) is 3.67. The molecule has 2 nitrogen and oxygen atoms in total. The van der Waals surface area contributed by atoms with Gasteiger partial charge in [0.15, 0.2) is 11.6 Å². The van der Waals surface area contributed by atoms with E-state index in [1.54, 1.807) is 12.1 Å². The minimum atomic E-state index is -0.307. The van der Waals surface area contributed by atoms with Crippen molar-refractivity contribution < 1.29 is 9.13 Å². The van der Waals surface area contributed by atoms with Crippen LogP contribution in [-0.4, -0.2) is 6.61 Å². The lowest BCUT2D eigenvalue weighted by Crippen LogP contribution is -2.06. The third-order valence-corrected chi connectivity index (χ3v) is 3.50. The van der Waals surface area contributed by atoms with E-state index in [4.69, 9.17) is 10.5 Å². The fraction of sp³-hybridized carbons (Fsp3) is 0.571. The van der Waals surface area contributed by atoms with Crippen molar-refractivity contribution in [2.45, 2.75) is 32.7 Å². The van der Waals surface area contributed by atoms with Crippen LogP contribution in [0.4, 0.5) is 4.39 Å². The first kappa shape index (κ1) is 12.4. The van der Waals surface area contributed by atoms with E-state index in [9.17, 15) is 4.39 Å². The predicted molar refractivity (Wildman–Crippen MR) is 66.4 cm³/mol. The number of halogens is 1. The zero-order chi connectivity index (χ0) is 12.4. The zero-order valence-electron chi connectivity index (χ0n) is 10.4. The Morgan fingerprint density at radius 1 is 1.53 bits per heavy atom. The van der Waals surface area contributed by atoms with E-state index in [-0.39, 0.29) is 11.9 Å². The second kappa shape index (κ2) is 5.05. The topological polar surface area (TPSA) is 35.2 Å². The van der Waals surface area contributed by atoms with Gasteiger partial charge in [0.2, 0.25) is 0 Å². The number of hydrogen-bond acceptors (Lipinski definition) is 2. The van der Waals surface area contributed by atoms with Gasteiger partial charge in [-0.2, -0.15) is 0 Å². The number of rotatable bonds is 5. The largest absolute Gasteiger partial charge is 0.490 e. The Balaban J connectivity index is 1.91. The van der Waals surface area contributed by atoms with Gasteiger partial charge in [0.05, 0.1) is 6.61 Å². The normalized spacial score (nSPS) is 24.5. The summed E-state index contributed by atoms with van der Waals surface area (Å²) in [7, 11) is 0. The van der Waals surface area contributed by atoms with E-state index in [0.717, 1.165) is 23.8 Å². The molecule has 0 heterocycles. The molecule has 0 spiro atoms. The molecule has 1 aromatic carbocycles. The molecule has 1 aromatic rings. The summed E-state index contributed by atoms with van der Waals surface area (Å²) in [6, 6.07) is 4.74. The highest BCUT2D eigenvalue weighted by Gasteiger charge is 2.31. The van der Waals surface area contributed by atoms with E-state index < -0.39 is 0 Å². The van der Waals surface area contributed by atoms with Crippen LogP contribution in [0.1, 0.15) is 38.3 Å². The van der Waals surface area contributed by atoms with Crippen LogP contribution in [0.2, 0.25) is 0 Å². The highest BCUT2D eigenvalue weighted by atomic mass is 19.1. The third kappa shape index (κ3) is 3.19. The van der Waals surface area contributed by atoms with Gasteiger partial charge >= 0.3 is 0 Å². The molecular weight excluding hydrogens is 217 g/mol. The molecule has 0 saturated heterocycles. The minimum absolute atomic E-state index is 0.0959. The second-order valence-electron chi connectivity index (χ2n) is 5.09. The van der Waals surface area contributed by atoms with Gasteiger partial charge in [-0.15, -0.1) is 0 Å². The summed E-state index contributed by atoms with van der Waals surface area (Å²) in [4.78, 5) is 0. The van der Waals surface area contributed by atoms with Crippen LogP contribution >= 0.6 is 0 Å². The molecule has 2 rings (SSSR count). The van der Waals surface area contributed by atoms with Crippen molar-refractivity contribution in [2.24, 2.45) is 17.6 Å². The molecule has 0 amide bonds. The standard InChI is InChI=1S/C14H20FNO/c1-9-7-11(9)5-6-17-14-8-12(10(2)16)3-4-13(14)15/h3-4,8-11H,5-7,16H2,1-2H3/t9?,10-,11?/m0/s1. The van der Waals surface area contributed by atoms with Crippen molar-refractivity contribution in [2.75, 3.05) is 6.61 Å². The highest BCUT2D eigenvalue weighted by Crippen LogP contribution is 2.40. The van der Waals surface area contributed by atoms with Gasteiger partial charge in [-0.1, -0.05) is 13.0 Å². The van der Waals surface area contributed by atoms with Crippen molar-refractivity contribution >= 4 is 0 Å². The Bertz CT molecular complexity index is 392. The quantitative estimate of drug-likeness (QED) is 0.853. The van der Waals surface area contributed by atoms with Gasteiger partial charge in [-0.05, 0) is 49.3 Å². The summed E-state index contributed by atoms with van der Waals surface area (Å²) in [6.07, 6.45) is 2.30. The molecule has 94 valence electrons.